The largest absolute Gasteiger partial charge is 0.394 e. The van der Waals surface area contributed by atoms with Crippen molar-refractivity contribution in [2.75, 3.05) is 13.7 Å². The fourth-order valence-electron chi connectivity index (χ4n) is 5.46. The summed E-state index contributed by atoms with van der Waals surface area (Å²) in [7, 11) is 1.78. The maximum absolute atomic E-state index is 10.3. The summed E-state index contributed by atoms with van der Waals surface area (Å²) in [5.74, 6) is 0. The van der Waals surface area contributed by atoms with Gasteiger partial charge in [-0.25, -0.2) is 0 Å². The van der Waals surface area contributed by atoms with E-state index in [4.69, 9.17) is 14.2 Å². The van der Waals surface area contributed by atoms with Crippen LogP contribution in [-0.2, 0) is 14.2 Å². The van der Waals surface area contributed by atoms with Gasteiger partial charge in [0.1, 0.15) is 24.4 Å². The lowest BCUT2D eigenvalue weighted by Gasteiger charge is -2.42. The molecule has 1 rings (SSSR count). The second-order valence-corrected chi connectivity index (χ2v) is 15.7. The van der Waals surface area contributed by atoms with Crippen molar-refractivity contribution >= 4 is 0 Å². The van der Waals surface area contributed by atoms with Gasteiger partial charge < -0.3 is 34.6 Å². The predicted molar refractivity (Wildman–Crippen MR) is 226 cm³/mol. The molecule has 0 amide bonds. The Labute approximate surface area is 327 Å². The molecule has 0 spiro atoms. The lowest BCUT2D eigenvalue weighted by molar-refractivity contribution is -0.323. The molecule has 1 fully saturated rings. The minimum absolute atomic E-state index is 0.0523. The molecule has 4 N–H and O–H groups in total. The van der Waals surface area contributed by atoms with E-state index in [2.05, 4.69) is 153 Å². The van der Waals surface area contributed by atoms with Crippen LogP contribution in [0.3, 0.4) is 0 Å². The summed E-state index contributed by atoms with van der Waals surface area (Å²) in [5.41, 5.74) is 6.60. The normalized spacial score (nSPS) is 23.8. The Balaban J connectivity index is 2.50. The molecule has 0 aromatic heterocycles. The van der Waals surface area contributed by atoms with E-state index in [-0.39, 0.29) is 5.60 Å². The van der Waals surface area contributed by atoms with Crippen LogP contribution in [0.1, 0.15) is 108 Å². The fourth-order valence-corrected chi connectivity index (χ4v) is 5.46. The van der Waals surface area contributed by atoms with Crippen molar-refractivity contribution in [2.24, 2.45) is 0 Å². The van der Waals surface area contributed by atoms with Gasteiger partial charge in [-0.2, -0.15) is 0 Å². The van der Waals surface area contributed by atoms with E-state index in [0.29, 0.717) is 6.42 Å². The van der Waals surface area contributed by atoms with Gasteiger partial charge in [0.25, 0.3) is 0 Å². The summed E-state index contributed by atoms with van der Waals surface area (Å²) in [6.45, 7) is 20.2. The summed E-state index contributed by atoms with van der Waals surface area (Å²) in [6, 6.07) is 0. The standard InChI is InChI=1S/C47H72O7/c1-35(22-14-24-37(3)26-16-28-39(5)30-18-32-46(7,8)52-11)20-12-13-21-36(2)23-15-25-38(4)27-17-29-40(6)31-19-33-47(9,10)54-45-44(51)43(50)42(49)41(34-48)53-45/h12-17,20-29,41-45,48-51H,18-19,30-34H2,1-11H3. The molecule has 1 aliphatic heterocycles. The second-order valence-electron chi connectivity index (χ2n) is 15.7. The van der Waals surface area contributed by atoms with Crippen LogP contribution in [-0.4, -0.2) is 76.1 Å². The number of hydrogen-bond donors (Lipinski definition) is 4. The molecule has 54 heavy (non-hydrogen) atoms. The molecular weight excluding hydrogens is 677 g/mol. The third-order valence-corrected chi connectivity index (χ3v) is 9.28. The van der Waals surface area contributed by atoms with Gasteiger partial charge >= 0.3 is 0 Å². The Morgan fingerprint density at radius 2 is 0.944 bits per heavy atom. The number of aliphatic hydroxyl groups excluding tert-OH is 4. The third kappa shape index (κ3) is 21.7. The Morgan fingerprint density at radius 1 is 0.556 bits per heavy atom. The molecule has 5 unspecified atom stereocenters. The molecule has 0 aromatic rings. The maximum atomic E-state index is 10.3. The van der Waals surface area contributed by atoms with Gasteiger partial charge in [-0.1, -0.05) is 131 Å². The molecule has 302 valence electrons. The number of methoxy groups -OCH3 is 1. The molecule has 0 radical (unpaired) electrons. The number of hydrogen-bond acceptors (Lipinski definition) is 7. The number of rotatable bonds is 22. The van der Waals surface area contributed by atoms with E-state index >= 15 is 0 Å². The minimum atomic E-state index is -1.45. The fraction of sp³-hybridized carbons (Fsp3) is 0.532. The summed E-state index contributed by atoms with van der Waals surface area (Å²) < 4.78 is 17.0. The number of ether oxygens (including phenoxy) is 3. The zero-order chi connectivity index (χ0) is 40.7. The van der Waals surface area contributed by atoms with Gasteiger partial charge in [0.05, 0.1) is 17.8 Å². The van der Waals surface area contributed by atoms with Crippen LogP contribution in [0, 0.1) is 0 Å². The number of allylic oxidation sites excluding steroid dienone is 22. The molecule has 0 aliphatic carbocycles. The lowest BCUT2D eigenvalue weighted by atomic mass is 9.96. The minimum Gasteiger partial charge on any atom is -0.394 e. The van der Waals surface area contributed by atoms with Crippen molar-refractivity contribution < 1.29 is 34.6 Å². The van der Waals surface area contributed by atoms with Crippen LogP contribution in [0.15, 0.2) is 131 Å². The van der Waals surface area contributed by atoms with Crippen LogP contribution >= 0.6 is 0 Å². The molecule has 1 aliphatic rings. The Bertz CT molecular complexity index is 1460. The molecule has 1 saturated heterocycles. The van der Waals surface area contributed by atoms with Gasteiger partial charge in [-0.15, -0.1) is 0 Å². The van der Waals surface area contributed by atoms with Gasteiger partial charge in [0.2, 0.25) is 0 Å². The highest BCUT2D eigenvalue weighted by atomic mass is 16.7. The second kappa shape index (κ2) is 25.8. The van der Waals surface area contributed by atoms with Crippen molar-refractivity contribution in [2.45, 2.75) is 150 Å². The van der Waals surface area contributed by atoms with E-state index < -0.39 is 42.9 Å². The van der Waals surface area contributed by atoms with Crippen molar-refractivity contribution in [3.63, 3.8) is 0 Å². The lowest BCUT2D eigenvalue weighted by Crippen LogP contribution is -2.60. The average Bonchev–Trinajstić information content (AvgIpc) is 3.10. The molecule has 0 saturated carbocycles. The van der Waals surface area contributed by atoms with Gasteiger partial charge in [-0.05, 0) is 108 Å². The van der Waals surface area contributed by atoms with Crippen molar-refractivity contribution in [3.05, 3.63) is 131 Å². The maximum Gasteiger partial charge on any atom is 0.187 e. The Hall–Kier alpha value is -3.14. The first-order valence-electron chi connectivity index (χ1n) is 19.3. The SMILES string of the molecule is COC(C)(C)CCCC(C)=CC=CC(C)=CC=CC(C)=CC=CC=C(C)C=CC=C(C)C=CC=C(C)CCCC(C)(C)OC1OC(CO)C(O)C(O)C1O. The third-order valence-electron chi connectivity index (χ3n) is 9.28. The first-order chi connectivity index (χ1) is 25.4. The topological polar surface area (TPSA) is 109 Å². The van der Waals surface area contributed by atoms with Gasteiger partial charge in [-0.3, -0.25) is 0 Å². The zero-order valence-corrected chi connectivity index (χ0v) is 35.1. The van der Waals surface area contributed by atoms with Crippen LogP contribution in [0.4, 0.5) is 0 Å². The molecule has 7 nitrogen and oxygen atoms in total. The van der Waals surface area contributed by atoms with E-state index in [1.807, 2.05) is 13.8 Å². The quantitative estimate of drug-likeness (QED) is 0.0817. The van der Waals surface area contributed by atoms with Crippen molar-refractivity contribution in [3.8, 4) is 0 Å². The monoisotopic (exact) mass is 749 g/mol. The molecule has 1 heterocycles. The Morgan fingerprint density at radius 3 is 1.35 bits per heavy atom. The molecule has 7 heteroatoms. The number of aliphatic hydroxyl groups is 4. The predicted octanol–water partition coefficient (Wildman–Crippen LogP) is 9.81. The smallest absolute Gasteiger partial charge is 0.187 e. The summed E-state index contributed by atoms with van der Waals surface area (Å²) in [6.07, 6.45) is 32.9. The van der Waals surface area contributed by atoms with Crippen molar-refractivity contribution in [1.82, 2.24) is 0 Å². The molecule has 0 aromatic carbocycles. The van der Waals surface area contributed by atoms with E-state index in [1.165, 1.54) is 22.3 Å². The first kappa shape index (κ1) is 48.9. The van der Waals surface area contributed by atoms with E-state index in [0.717, 1.165) is 43.3 Å². The Kier molecular flexibility index (Phi) is 23.4. The molecular formula is C47H72O7. The van der Waals surface area contributed by atoms with Crippen molar-refractivity contribution in [1.29, 1.82) is 0 Å². The van der Waals surface area contributed by atoms with Crippen LogP contribution in [0.25, 0.3) is 0 Å². The highest BCUT2D eigenvalue weighted by Crippen LogP contribution is 2.28. The van der Waals surface area contributed by atoms with Gasteiger partial charge in [0, 0.05) is 7.11 Å². The van der Waals surface area contributed by atoms with E-state index in [9.17, 15) is 20.4 Å². The summed E-state index contributed by atoms with van der Waals surface area (Å²) >= 11 is 0. The van der Waals surface area contributed by atoms with E-state index in [1.54, 1.807) is 7.11 Å². The molecule has 5 atom stereocenters. The molecule has 0 bridgehead atoms. The van der Waals surface area contributed by atoms with Crippen LogP contribution < -0.4 is 0 Å². The summed E-state index contributed by atoms with van der Waals surface area (Å²) in [5, 5.41) is 39.7. The highest BCUT2D eigenvalue weighted by Gasteiger charge is 2.45. The summed E-state index contributed by atoms with van der Waals surface area (Å²) in [4.78, 5) is 0. The highest BCUT2D eigenvalue weighted by molar-refractivity contribution is 5.32. The average molecular weight is 749 g/mol. The van der Waals surface area contributed by atoms with Crippen LogP contribution in [0.2, 0.25) is 0 Å². The van der Waals surface area contributed by atoms with Gasteiger partial charge in [0.15, 0.2) is 6.29 Å². The zero-order valence-electron chi connectivity index (χ0n) is 35.1. The van der Waals surface area contributed by atoms with Crippen LogP contribution in [0.5, 0.6) is 0 Å². The first-order valence-corrected chi connectivity index (χ1v) is 19.3.